The molecule has 2 rings (SSSR count). The molecule has 5 nitrogen and oxygen atoms in total. The fourth-order valence-corrected chi connectivity index (χ4v) is 2.53. The number of fused-ring (bicyclic) bond motifs is 1. The molecule has 0 atom stereocenters. The molecule has 0 spiro atoms. The summed E-state index contributed by atoms with van der Waals surface area (Å²) >= 11 is 1.56. The van der Waals surface area contributed by atoms with Crippen molar-refractivity contribution in [2.45, 2.75) is 19.4 Å². The lowest BCUT2D eigenvalue weighted by atomic mass is 10.2. The van der Waals surface area contributed by atoms with Gasteiger partial charge >= 0.3 is 5.97 Å². The van der Waals surface area contributed by atoms with Gasteiger partial charge in [-0.25, -0.2) is 4.98 Å². The number of ether oxygens (including phenoxy) is 2. The standard InChI is InChI=1S/C11H14N2O3S/c1-15-6-8-5-13-9(3-4-10(14)16-2)7-17-11(13)12-8/h5,7H,3-4,6H2,1-2H3. The molecule has 2 aromatic rings. The fourth-order valence-electron chi connectivity index (χ4n) is 1.61. The lowest BCUT2D eigenvalue weighted by Crippen LogP contribution is -2.03. The zero-order valence-electron chi connectivity index (χ0n) is 9.80. The molecule has 0 aliphatic heterocycles. The summed E-state index contributed by atoms with van der Waals surface area (Å²) in [6, 6.07) is 0. The maximum Gasteiger partial charge on any atom is 0.305 e. The van der Waals surface area contributed by atoms with Gasteiger partial charge in [0, 0.05) is 24.4 Å². The SMILES string of the molecule is COCc1cn2c(CCC(=O)OC)csc2n1. The van der Waals surface area contributed by atoms with Crippen molar-refractivity contribution in [2.75, 3.05) is 14.2 Å². The van der Waals surface area contributed by atoms with E-state index in [0.29, 0.717) is 19.4 Å². The van der Waals surface area contributed by atoms with Gasteiger partial charge in [0.2, 0.25) is 0 Å². The molecule has 2 aromatic heterocycles. The average Bonchev–Trinajstić information content (AvgIpc) is 2.86. The van der Waals surface area contributed by atoms with Gasteiger partial charge in [-0.05, 0) is 6.42 Å². The molecule has 0 unspecified atom stereocenters. The number of carbonyl (C=O) groups excluding carboxylic acids is 1. The number of carbonyl (C=O) groups is 1. The van der Waals surface area contributed by atoms with E-state index in [1.54, 1.807) is 18.4 Å². The highest BCUT2D eigenvalue weighted by molar-refractivity contribution is 7.15. The van der Waals surface area contributed by atoms with Crippen molar-refractivity contribution in [3.8, 4) is 0 Å². The van der Waals surface area contributed by atoms with E-state index in [-0.39, 0.29) is 5.97 Å². The zero-order valence-corrected chi connectivity index (χ0v) is 10.6. The Bertz CT molecular complexity index is 518. The van der Waals surface area contributed by atoms with Crippen molar-refractivity contribution in [1.82, 2.24) is 9.38 Å². The second-order valence-corrected chi connectivity index (χ2v) is 4.46. The van der Waals surface area contributed by atoms with Crippen molar-refractivity contribution in [1.29, 1.82) is 0 Å². The largest absolute Gasteiger partial charge is 0.469 e. The average molecular weight is 254 g/mol. The van der Waals surface area contributed by atoms with Gasteiger partial charge in [0.05, 0.1) is 25.8 Å². The summed E-state index contributed by atoms with van der Waals surface area (Å²) in [6.45, 7) is 0.505. The van der Waals surface area contributed by atoms with Gasteiger partial charge < -0.3 is 9.47 Å². The Morgan fingerprint density at radius 3 is 3.06 bits per heavy atom. The zero-order chi connectivity index (χ0) is 12.3. The van der Waals surface area contributed by atoms with Gasteiger partial charge in [-0.2, -0.15) is 0 Å². The van der Waals surface area contributed by atoms with Crippen molar-refractivity contribution in [2.24, 2.45) is 0 Å². The van der Waals surface area contributed by atoms with Crippen LogP contribution >= 0.6 is 11.3 Å². The number of hydrogen-bond donors (Lipinski definition) is 0. The third-order valence-corrected chi connectivity index (χ3v) is 3.33. The van der Waals surface area contributed by atoms with E-state index in [0.717, 1.165) is 16.3 Å². The summed E-state index contributed by atoms with van der Waals surface area (Å²) in [6.07, 6.45) is 3.00. The summed E-state index contributed by atoms with van der Waals surface area (Å²) in [7, 11) is 3.05. The van der Waals surface area contributed by atoms with Crippen LogP contribution in [-0.2, 0) is 27.3 Å². The molecule has 0 N–H and O–H groups in total. The van der Waals surface area contributed by atoms with Crippen LogP contribution in [0.1, 0.15) is 17.8 Å². The topological polar surface area (TPSA) is 52.8 Å². The Hall–Kier alpha value is -1.40. The minimum Gasteiger partial charge on any atom is -0.469 e. The predicted octanol–water partition coefficient (Wildman–Crippen LogP) is 1.65. The van der Waals surface area contributed by atoms with Crippen LogP contribution < -0.4 is 0 Å². The normalized spacial score (nSPS) is 10.9. The minimum atomic E-state index is -0.193. The first-order valence-corrected chi connectivity index (χ1v) is 6.12. The number of aryl methyl sites for hydroxylation is 1. The van der Waals surface area contributed by atoms with Gasteiger partial charge in [0.15, 0.2) is 4.96 Å². The Kier molecular flexibility index (Phi) is 3.75. The van der Waals surface area contributed by atoms with Gasteiger partial charge in [0.1, 0.15) is 0 Å². The van der Waals surface area contributed by atoms with Crippen LogP contribution in [0.15, 0.2) is 11.6 Å². The Balaban J connectivity index is 2.14. The van der Waals surface area contributed by atoms with Crippen LogP contribution in [0.3, 0.4) is 0 Å². The minimum absolute atomic E-state index is 0.193. The molecule has 0 saturated carbocycles. The second-order valence-electron chi connectivity index (χ2n) is 3.62. The van der Waals surface area contributed by atoms with Crippen molar-refractivity contribution >= 4 is 22.3 Å². The molecular weight excluding hydrogens is 240 g/mol. The summed E-state index contributed by atoms with van der Waals surface area (Å²) in [4.78, 5) is 16.4. The van der Waals surface area contributed by atoms with Crippen LogP contribution in [0.25, 0.3) is 4.96 Å². The molecule has 2 heterocycles. The molecule has 0 saturated heterocycles. The summed E-state index contributed by atoms with van der Waals surface area (Å²) < 4.78 is 11.7. The molecule has 0 aliphatic carbocycles. The third-order valence-electron chi connectivity index (χ3n) is 2.44. The van der Waals surface area contributed by atoms with Gasteiger partial charge in [0.25, 0.3) is 0 Å². The van der Waals surface area contributed by atoms with Gasteiger partial charge in [-0.3, -0.25) is 9.20 Å². The number of imidazole rings is 1. The van der Waals surface area contributed by atoms with Gasteiger partial charge in [-0.15, -0.1) is 11.3 Å². The van der Waals surface area contributed by atoms with Crippen LogP contribution in [0.5, 0.6) is 0 Å². The summed E-state index contributed by atoms with van der Waals surface area (Å²) in [5.74, 6) is -0.193. The van der Waals surface area contributed by atoms with Crippen LogP contribution in [0.2, 0.25) is 0 Å². The fraction of sp³-hybridized carbons (Fsp3) is 0.455. The molecule has 17 heavy (non-hydrogen) atoms. The van der Waals surface area contributed by atoms with Gasteiger partial charge in [-0.1, -0.05) is 0 Å². The monoisotopic (exact) mass is 254 g/mol. The lowest BCUT2D eigenvalue weighted by molar-refractivity contribution is -0.140. The molecule has 0 aliphatic rings. The van der Waals surface area contributed by atoms with E-state index in [2.05, 4.69) is 9.72 Å². The van der Waals surface area contributed by atoms with Crippen molar-refractivity contribution < 1.29 is 14.3 Å². The summed E-state index contributed by atoms with van der Waals surface area (Å²) in [5, 5.41) is 2.02. The quantitative estimate of drug-likeness (QED) is 0.761. The first-order chi connectivity index (χ1) is 8.24. The van der Waals surface area contributed by atoms with Crippen LogP contribution in [-0.4, -0.2) is 29.6 Å². The molecule has 0 bridgehead atoms. The number of methoxy groups -OCH3 is 2. The number of thiazole rings is 1. The number of rotatable bonds is 5. The van der Waals surface area contributed by atoms with Crippen LogP contribution in [0, 0.1) is 0 Å². The first kappa shape index (κ1) is 12.1. The van der Waals surface area contributed by atoms with E-state index >= 15 is 0 Å². The maximum atomic E-state index is 11.1. The lowest BCUT2D eigenvalue weighted by Gasteiger charge is -1.98. The number of esters is 1. The number of hydrogen-bond acceptors (Lipinski definition) is 5. The highest BCUT2D eigenvalue weighted by atomic mass is 32.1. The first-order valence-electron chi connectivity index (χ1n) is 5.24. The van der Waals surface area contributed by atoms with E-state index in [1.807, 2.05) is 16.0 Å². The molecule has 0 fully saturated rings. The van der Waals surface area contributed by atoms with Crippen LogP contribution in [0.4, 0.5) is 0 Å². The second kappa shape index (κ2) is 5.29. The number of nitrogens with zero attached hydrogens (tertiary/aromatic N) is 2. The molecule has 0 radical (unpaired) electrons. The molecule has 0 aromatic carbocycles. The third kappa shape index (κ3) is 2.65. The number of aromatic nitrogens is 2. The van der Waals surface area contributed by atoms with E-state index in [1.165, 1.54) is 7.11 Å². The van der Waals surface area contributed by atoms with Crippen molar-refractivity contribution in [3.05, 3.63) is 23.0 Å². The molecular formula is C11H14N2O3S. The smallest absolute Gasteiger partial charge is 0.305 e. The van der Waals surface area contributed by atoms with E-state index in [4.69, 9.17) is 4.74 Å². The predicted molar refractivity (Wildman–Crippen MR) is 64.1 cm³/mol. The highest BCUT2D eigenvalue weighted by Crippen LogP contribution is 2.18. The van der Waals surface area contributed by atoms with Crippen molar-refractivity contribution in [3.63, 3.8) is 0 Å². The molecule has 0 amide bonds. The molecule has 6 heteroatoms. The Labute approximate surface area is 103 Å². The Morgan fingerprint density at radius 1 is 1.53 bits per heavy atom. The maximum absolute atomic E-state index is 11.1. The Morgan fingerprint density at radius 2 is 2.35 bits per heavy atom. The summed E-state index contributed by atoms with van der Waals surface area (Å²) in [5.41, 5.74) is 1.98. The highest BCUT2D eigenvalue weighted by Gasteiger charge is 2.09. The van der Waals surface area contributed by atoms with E-state index in [9.17, 15) is 4.79 Å². The molecule has 92 valence electrons. The van der Waals surface area contributed by atoms with E-state index < -0.39 is 0 Å².